The number of benzene rings is 3. The Morgan fingerprint density at radius 1 is 0.880 bits per heavy atom. The van der Waals surface area contributed by atoms with Crippen LogP contribution in [-0.2, 0) is 4.79 Å². The number of carbonyl (C=O) groups excluding carboxylic acids is 2. The molecule has 0 radical (unpaired) electrons. The zero-order valence-electron chi connectivity index (χ0n) is 13.2. The second kappa shape index (κ2) is 8.05. The van der Waals surface area contributed by atoms with Gasteiger partial charge in [-0.1, -0.05) is 54.1 Å². The summed E-state index contributed by atoms with van der Waals surface area (Å²) in [6, 6.07) is 20.7. The number of halogens is 1. The zero-order chi connectivity index (χ0) is 17.6. The van der Waals surface area contributed by atoms with Crippen LogP contribution in [0.2, 0.25) is 5.02 Å². The predicted molar refractivity (Wildman–Crippen MR) is 102 cm³/mol. The summed E-state index contributed by atoms with van der Waals surface area (Å²) in [6.45, 7) is 0. The molecular formula is C19H15ClN2O2S. The maximum absolute atomic E-state index is 12.0. The SMILES string of the molecule is O=C(CSc1ccc2ccccc2c1)NNC(=O)c1ccccc1Cl. The normalized spacial score (nSPS) is 10.4. The number of hydrogen-bond acceptors (Lipinski definition) is 3. The Labute approximate surface area is 154 Å². The van der Waals surface area contributed by atoms with Gasteiger partial charge in [0.15, 0.2) is 0 Å². The van der Waals surface area contributed by atoms with Gasteiger partial charge in [0.2, 0.25) is 5.91 Å². The Morgan fingerprint density at radius 3 is 2.40 bits per heavy atom. The number of nitrogens with one attached hydrogen (secondary N) is 2. The molecule has 0 spiro atoms. The number of hydrazine groups is 1. The standard InChI is InChI=1S/C19H15ClN2O2S/c20-17-8-4-3-7-16(17)19(24)22-21-18(23)12-25-15-10-9-13-5-1-2-6-14(13)11-15/h1-11H,12H2,(H,21,23)(H,22,24). The lowest BCUT2D eigenvalue weighted by atomic mass is 10.1. The van der Waals surface area contributed by atoms with Crippen LogP contribution in [0.4, 0.5) is 0 Å². The second-order valence-electron chi connectivity index (χ2n) is 5.28. The molecule has 2 amide bonds. The number of rotatable bonds is 4. The van der Waals surface area contributed by atoms with Gasteiger partial charge in [0.25, 0.3) is 5.91 Å². The minimum absolute atomic E-state index is 0.196. The fourth-order valence-electron chi connectivity index (χ4n) is 2.28. The van der Waals surface area contributed by atoms with Crippen molar-refractivity contribution in [3.63, 3.8) is 0 Å². The molecule has 0 aromatic heterocycles. The molecule has 0 aliphatic rings. The van der Waals surface area contributed by atoms with Crippen molar-refractivity contribution in [2.45, 2.75) is 4.90 Å². The van der Waals surface area contributed by atoms with E-state index in [0.29, 0.717) is 10.6 Å². The molecule has 0 saturated carbocycles. The summed E-state index contributed by atoms with van der Waals surface area (Å²) in [5.74, 6) is -0.547. The summed E-state index contributed by atoms with van der Waals surface area (Å²) in [5, 5.41) is 2.61. The average molecular weight is 371 g/mol. The maximum atomic E-state index is 12.0. The first-order valence-corrected chi connectivity index (χ1v) is 8.95. The van der Waals surface area contributed by atoms with Crippen molar-refractivity contribution in [2.75, 3.05) is 5.75 Å². The van der Waals surface area contributed by atoms with Crippen molar-refractivity contribution in [2.24, 2.45) is 0 Å². The predicted octanol–water partition coefficient (Wildman–Crippen LogP) is 4.05. The topological polar surface area (TPSA) is 58.2 Å². The number of thioether (sulfide) groups is 1. The summed E-state index contributed by atoms with van der Waals surface area (Å²) < 4.78 is 0. The highest BCUT2D eigenvalue weighted by Gasteiger charge is 2.10. The zero-order valence-corrected chi connectivity index (χ0v) is 14.7. The van der Waals surface area contributed by atoms with Crippen LogP contribution < -0.4 is 10.9 Å². The summed E-state index contributed by atoms with van der Waals surface area (Å²) in [7, 11) is 0. The van der Waals surface area contributed by atoms with E-state index in [-0.39, 0.29) is 11.7 Å². The molecule has 0 bridgehead atoms. The first kappa shape index (κ1) is 17.3. The second-order valence-corrected chi connectivity index (χ2v) is 6.74. The number of hydrogen-bond donors (Lipinski definition) is 2. The summed E-state index contributed by atoms with van der Waals surface area (Å²) in [5.41, 5.74) is 5.08. The minimum atomic E-state index is -0.449. The van der Waals surface area contributed by atoms with Crippen LogP contribution in [0, 0.1) is 0 Å². The fraction of sp³-hybridized carbons (Fsp3) is 0.0526. The van der Waals surface area contributed by atoms with E-state index in [1.807, 2.05) is 42.5 Å². The molecule has 3 aromatic carbocycles. The molecule has 25 heavy (non-hydrogen) atoms. The van der Waals surface area contributed by atoms with Crippen molar-refractivity contribution in [3.8, 4) is 0 Å². The average Bonchev–Trinajstić information content (AvgIpc) is 2.64. The molecule has 3 rings (SSSR count). The highest BCUT2D eigenvalue weighted by Crippen LogP contribution is 2.23. The Hall–Kier alpha value is -2.50. The number of fused-ring (bicyclic) bond motifs is 1. The van der Waals surface area contributed by atoms with E-state index < -0.39 is 5.91 Å². The van der Waals surface area contributed by atoms with Crippen molar-refractivity contribution in [1.82, 2.24) is 10.9 Å². The smallest absolute Gasteiger partial charge is 0.271 e. The first-order chi connectivity index (χ1) is 12.1. The van der Waals surface area contributed by atoms with Crippen molar-refractivity contribution >= 4 is 45.9 Å². The highest BCUT2D eigenvalue weighted by molar-refractivity contribution is 8.00. The minimum Gasteiger partial charge on any atom is -0.272 e. The molecular weight excluding hydrogens is 356 g/mol. The molecule has 0 saturated heterocycles. The van der Waals surface area contributed by atoms with Crippen molar-refractivity contribution < 1.29 is 9.59 Å². The summed E-state index contributed by atoms with van der Waals surface area (Å²) in [4.78, 5) is 24.9. The Bertz CT molecular complexity index is 930. The molecule has 0 atom stereocenters. The molecule has 4 nitrogen and oxygen atoms in total. The number of carbonyl (C=O) groups is 2. The third kappa shape index (κ3) is 4.53. The maximum Gasteiger partial charge on any atom is 0.271 e. The van der Waals surface area contributed by atoms with Crippen LogP contribution in [0.15, 0.2) is 71.6 Å². The molecule has 0 heterocycles. The van der Waals surface area contributed by atoms with Crippen LogP contribution in [0.1, 0.15) is 10.4 Å². The van der Waals surface area contributed by atoms with E-state index in [0.717, 1.165) is 15.7 Å². The first-order valence-electron chi connectivity index (χ1n) is 7.59. The van der Waals surface area contributed by atoms with Crippen LogP contribution in [0.25, 0.3) is 10.8 Å². The Balaban J connectivity index is 1.52. The molecule has 126 valence electrons. The monoisotopic (exact) mass is 370 g/mol. The van der Waals surface area contributed by atoms with Gasteiger partial charge < -0.3 is 0 Å². The molecule has 0 aliphatic heterocycles. The van der Waals surface area contributed by atoms with E-state index in [9.17, 15) is 9.59 Å². The van der Waals surface area contributed by atoms with Gasteiger partial charge in [-0.05, 0) is 35.0 Å². The number of amides is 2. The van der Waals surface area contributed by atoms with Gasteiger partial charge >= 0.3 is 0 Å². The highest BCUT2D eigenvalue weighted by atomic mass is 35.5. The van der Waals surface area contributed by atoms with E-state index in [2.05, 4.69) is 10.9 Å². The largest absolute Gasteiger partial charge is 0.272 e. The quantitative estimate of drug-likeness (QED) is 0.538. The lowest BCUT2D eigenvalue weighted by Gasteiger charge is -2.08. The van der Waals surface area contributed by atoms with Crippen LogP contribution >= 0.6 is 23.4 Å². The summed E-state index contributed by atoms with van der Waals surface area (Å²) >= 11 is 7.35. The van der Waals surface area contributed by atoms with Gasteiger partial charge in [0, 0.05) is 4.90 Å². The molecule has 6 heteroatoms. The van der Waals surface area contributed by atoms with Crippen LogP contribution in [-0.4, -0.2) is 17.6 Å². The third-order valence-electron chi connectivity index (χ3n) is 3.52. The lowest BCUT2D eigenvalue weighted by Crippen LogP contribution is -2.42. The van der Waals surface area contributed by atoms with Gasteiger partial charge in [0.1, 0.15) is 0 Å². The lowest BCUT2D eigenvalue weighted by molar-refractivity contribution is -0.119. The van der Waals surface area contributed by atoms with Gasteiger partial charge in [-0.3, -0.25) is 20.4 Å². The molecule has 0 aliphatic carbocycles. The molecule has 3 aromatic rings. The Morgan fingerprint density at radius 2 is 1.60 bits per heavy atom. The third-order valence-corrected chi connectivity index (χ3v) is 4.85. The Kier molecular flexibility index (Phi) is 5.58. The van der Waals surface area contributed by atoms with E-state index in [4.69, 9.17) is 11.6 Å². The fourth-order valence-corrected chi connectivity index (χ4v) is 3.25. The van der Waals surface area contributed by atoms with Crippen LogP contribution in [0.3, 0.4) is 0 Å². The molecule has 0 fully saturated rings. The van der Waals surface area contributed by atoms with Gasteiger partial charge in [-0.2, -0.15) is 0 Å². The van der Waals surface area contributed by atoms with Crippen molar-refractivity contribution in [1.29, 1.82) is 0 Å². The van der Waals surface area contributed by atoms with Gasteiger partial charge in [-0.15, -0.1) is 11.8 Å². The van der Waals surface area contributed by atoms with E-state index in [1.165, 1.54) is 11.8 Å². The van der Waals surface area contributed by atoms with Crippen LogP contribution in [0.5, 0.6) is 0 Å². The van der Waals surface area contributed by atoms with E-state index >= 15 is 0 Å². The van der Waals surface area contributed by atoms with Gasteiger partial charge in [0.05, 0.1) is 16.3 Å². The van der Waals surface area contributed by atoms with Gasteiger partial charge in [-0.25, -0.2) is 0 Å². The molecule has 0 unspecified atom stereocenters. The molecule has 2 N–H and O–H groups in total. The van der Waals surface area contributed by atoms with E-state index in [1.54, 1.807) is 24.3 Å². The summed E-state index contributed by atoms with van der Waals surface area (Å²) in [6.07, 6.45) is 0. The van der Waals surface area contributed by atoms with Crippen molar-refractivity contribution in [3.05, 3.63) is 77.3 Å².